The van der Waals surface area contributed by atoms with Crippen molar-refractivity contribution in [1.29, 1.82) is 0 Å². The van der Waals surface area contributed by atoms with Gasteiger partial charge >= 0.3 is 6.03 Å². The van der Waals surface area contributed by atoms with Gasteiger partial charge in [-0.05, 0) is 52.6 Å². The van der Waals surface area contributed by atoms with Crippen LogP contribution in [0.1, 0.15) is 39.5 Å². The normalized spacial score (nSPS) is 34.4. The molecule has 4 unspecified atom stereocenters. The maximum absolute atomic E-state index is 11.9. The summed E-state index contributed by atoms with van der Waals surface area (Å²) >= 11 is 0. The Bertz CT molecular complexity index is 337. The van der Waals surface area contributed by atoms with Gasteiger partial charge in [0.15, 0.2) is 0 Å². The third kappa shape index (κ3) is 5.47. The zero-order chi connectivity index (χ0) is 15.2. The number of hydrogen-bond donors (Lipinski definition) is 2. The summed E-state index contributed by atoms with van der Waals surface area (Å²) in [5, 5.41) is 6.03. The average Bonchev–Trinajstić information content (AvgIpc) is 2.62. The fourth-order valence-corrected chi connectivity index (χ4v) is 3.53. The van der Waals surface area contributed by atoms with Crippen LogP contribution in [-0.2, 0) is 4.74 Å². The standard InChI is InChI=1S/C16H31N3O2/c1-12-8-15(13(2)21-12)10-18-16(20)17-9-14-6-4-5-7-19(3)11-14/h12-15H,4-11H2,1-3H3,(H2,17,18,20). The van der Waals surface area contributed by atoms with E-state index in [0.29, 0.717) is 24.5 Å². The van der Waals surface area contributed by atoms with E-state index < -0.39 is 0 Å². The van der Waals surface area contributed by atoms with Crippen LogP contribution in [0.25, 0.3) is 0 Å². The molecule has 0 aromatic carbocycles. The van der Waals surface area contributed by atoms with Crippen LogP contribution in [0.3, 0.4) is 0 Å². The molecule has 122 valence electrons. The number of nitrogens with one attached hydrogen (secondary N) is 2. The second-order valence-electron chi connectivity index (χ2n) is 6.86. The van der Waals surface area contributed by atoms with Crippen LogP contribution in [0, 0.1) is 11.8 Å². The molecule has 2 aliphatic rings. The van der Waals surface area contributed by atoms with Crippen molar-refractivity contribution in [2.24, 2.45) is 11.8 Å². The SMILES string of the molecule is CC1CC(CNC(=O)NCC2CCCCN(C)C2)C(C)O1. The first-order valence-electron chi connectivity index (χ1n) is 8.40. The van der Waals surface area contributed by atoms with Gasteiger partial charge in [-0.2, -0.15) is 0 Å². The topological polar surface area (TPSA) is 53.6 Å². The van der Waals surface area contributed by atoms with E-state index >= 15 is 0 Å². The van der Waals surface area contributed by atoms with E-state index in [2.05, 4.69) is 36.4 Å². The molecule has 0 aliphatic carbocycles. The number of carbonyl (C=O) groups is 1. The molecular formula is C16H31N3O2. The second kappa shape index (κ2) is 7.99. The smallest absolute Gasteiger partial charge is 0.314 e. The van der Waals surface area contributed by atoms with Crippen molar-refractivity contribution >= 4 is 6.03 Å². The monoisotopic (exact) mass is 297 g/mol. The van der Waals surface area contributed by atoms with E-state index in [1.165, 1.54) is 25.8 Å². The predicted molar refractivity (Wildman–Crippen MR) is 84.4 cm³/mol. The number of carbonyl (C=O) groups excluding carboxylic acids is 1. The second-order valence-corrected chi connectivity index (χ2v) is 6.86. The van der Waals surface area contributed by atoms with Gasteiger partial charge in [-0.15, -0.1) is 0 Å². The van der Waals surface area contributed by atoms with Crippen LogP contribution >= 0.6 is 0 Å². The number of likely N-dealkylation sites (tertiary alicyclic amines) is 1. The number of ether oxygens (including phenoxy) is 1. The fourth-order valence-electron chi connectivity index (χ4n) is 3.53. The zero-order valence-corrected chi connectivity index (χ0v) is 13.7. The van der Waals surface area contributed by atoms with Gasteiger partial charge in [0.1, 0.15) is 0 Å². The summed E-state index contributed by atoms with van der Waals surface area (Å²) in [7, 11) is 2.17. The minimum atomic E-state index is -0.0337. The van der Waals surface area contributed by atoms with Crippen molar-refractivity contribution in [3.05, 3.63) is 0 Å². The molecule has 0 saturated carbocycles. The van der Waals surface area contributed by atoms with Crippen molar-refractivity contribution in [3.63, 3.8) is 0 Å². The van der Waals surface area contributed by atoms with Gasteiger partial charge in [-0.25, -0.2) is 4.79 Å². The van der Waals surface area contributed by atoms with Gasteiger partial charge in [0, 0.05) is 25.6 Å². The van der Waals surface area contributed by atoms with E-state index in [-0.39, 0.29) is 12.1 Å². The van der Waals surface area contributed by atoms with E-state index in [4.69, 9.17) is 4.74 Å². The largest absolute Gasteiger partial charge is 0.375 e. The molecule has 0 spiro atoms. The maximum atomic E-state index is 11.9. The van der Waals surface area contributed by atoms with Crippen LogP contribution in [0.2, 0.25) is 0 Å². The van der Waals surface area contributed by atoms with Crippen molar-refractivity contribution in [3.8, 4) is 0 Å². The molecule has 2 saturated heterocycles. The number of amides is 2. The van der Waals surface area contributed by atoms with Gasteiger partial charge in [-0.3, -0.25) is 0 Å². The van der Waals surface area contributed by atoms with E-state index in [1.54, 1.807) is 0 Å². The Kier molecular flexibility index (Phi) is 6.30. The lowest BCUT2D eigenvalue weighted by Crippen LogP contribution is -2.42. The van der Waals surface area contributed by atoms with Crippen LogP contribution in [0.5, 0.6) is 0 Å². The lowest BCUT2D eigenvalue weighted by atomic mass is 10.0. The van der Waals surface area contributed by atoms with E-state index in [0.717, 1.165) is 19.5 Å². The highest BCUT2D eigenvalue weighted by atomic mass is 16.5. The van der Waals surface area contributed by atoms with Crippen molar-refractivity contribution in [1.82, 2.24) is 15.5 Å². The predicted octanol–water partition coefficient (Wildman–Crippen LogP) is 1.83. The summed E-state index contributed by atoms with van der Waals surface area (Å²) in [5.41, 5.74) is 0. The van der Waals surface area contributed by atoms with Gasteiger partial charge < -0.3 is 20.3 Å². The number of hydrogen-bond acceptors (Lipinski definition) is 3. The molecule has 5 heteroatoms. The maximum Gasteiger partial charge on any atom is 0.314 e. The van der Waals surface area contributed by atoms with Crippen LogP contribution in [0.15, 0.2) is 0 Å². The summed E-state index contributed by atoms with van der Waals surface area (Å²) in [4.78, 5) is 14.3. The zero-order valence-electron chi connectivity index (χ0n) is 13.7. The lowest BCUT2D eigenvalue weighted by Gasteiger charge is -2.21. The first kappa shape index (κ1) is 16.6. The van der Waals surface area contributed by atoms with Gasteiger partial charge in [0.2, 0.25) is 0 Å². The number of urea groups is 1. The molecule has 2 aliphatic heterocycles. The summed E-state index contributed by atoms with van der Waals surface area (Å²) < 4.78 is 5.71. The first-order valence-corrected chi connectivity index (χ1v) is 8.40. The highest BCUT2D eigenvalue weighted by Crippen LogP contribution is 2.25. The number of rotatable bonds is 4. The minimum Gasteiger partial charge on any atom is -0.375 e. The minimum absolute atomic E-state index is 0.0337. The number of nitrogens with zero attached hydrogens (tertiary/aromatic N) is 1. The molecule has 4 atom stereocenters. The Hall–Kier alpha value is -0.810. The average molecular weight is 297 g/mol. The molecule has 0 aromatic heterocycles. The highest BCUT2D eigenvalue weighted by Gasteiger charge is 2.29. The quantitative estimate of drug-likeness (QED) is 0.832. The van der Waals surface area contributed by atoms with Gasteiger partial charge in [0.25, 0.3) is 0 Å². The first-order chi connectivity index (χ1) is 10.0. The van der Waals surface area contributed by atoms with E-state index in [9.17, 15) is 4.79 Å². The summed E-state index contributed by atoms with van der Waals surface area (Å²) in [5.74, 6) is 1.02. The van der Waals surface area contributed by atoms with Crippen molar-refractivity contribution < 1.29 is 9.53 Å². The Morgan fingerprint density at radius 2 is 2.00 bits per heavy atom. The van der Waals surface area contributed by atoms with Crippen LogP contribution in [-0.4, -0.2) is 56.4 Å². The molecule has 21 heavy (non-hydrogen) atoms. The molecule has 2 fully saturated rings. The summed E-state index contributed by atoms with van der Waals surface area (Å²) in [6.45, 7) is 7.95. The van der Waals surface area contributed by atoms with Gasteiger partial charge in [0.05, 0.1) is 12.2 Å². The summed E-state index contributed by atoms with van der Waals surface area (Å²) in [6.07, 6.45) is 5.36. The molecule has 0 bridgehead atoms. The Morgan fingerprint density at radius 3 is 2.71 bits per heavy atom. The fraction of sp³-hybridized carbons (Fsp3) is 0.938. The Labute approximate surface area is 128 Å². The van der Waals surface area contributed by atoms with Crippen molar-refractivity contribution in [2.75, 3.05) is 33.2 Å². The van der Waals surface area contributed by atoms with Crippen LogP contribution < -0.4 is 10.6 Å². The van der Waals surface area contributed by atoms with E-state index in [1.807, 2.05) is 0 Å². The Morgan fingerprint density at radius 1 is 1.24 bits per heavy atom. The summed E-state index contributed by atoms with van der Waals surface area (Å²) in [6, 6.07) is -0.0337. The Balaban J connectivity index is 1.63. The van der Waals surface area contributed by atoms with Crippen LogP contribution in [0.4, 0.5) is 4.79 Å². The molecule has 2 rings (SSSR count). The molecule has 2 heterocycles. The highest BCUT2D eigenvalue weighted by molar-refractivity contribution is 5.73. The molecule has 0 radical (unpaired) electrons. The molecule has 0 aromatic rings. The third-order valence-corrected chi connectivity index (χ3v) is 4.79. The molecular weight excluding hydrogens is 266 g/mol. The third-order valence-electron chi connectivity index (χ3n) is 4.79. The van der Waals surface area contributed by atoms with Gasteiger partial charge in [-0.1, -0.05) is 6.42 Å². The molecule has 2 amide bonds. The molecule has 5 nitrogen and oxygen atoms in total. The van der Waals surface area contributed by atoms with Crippen molar-refractivity contribution in [2.45, 2.75) is 51.7 Å². The lowest BCUT2D eigenvalue weighted by molar-refractivity contribution is 0.0563. The molecule has 2 N–H and O–H groups in total.